The fraction of sp³-hybridized carbons (Fsp3) is 0.364. The average Bonchev–Trinajstić information content (AvgIpc) is 2.13. The van der Waals surface area contributed by atoms with E-state index in [0.29, 0.717) is 12.0 Å². The zero-order valence-corrected chi connectivity index (χ0v) is 8.77. The van der Waals surface area contributed by atoms with E-state index >= 15 is 0 Å². The molecule has 0 saturated carbocycles. The predicted molar refractivity (Wildman–Crippen MR) is 55.0 cm³/mol. The lowest BCUT2D eigenvalue weighted by Crippen LogP contribution is -2.02. The van der Waals surface area contributed by atoms with Gasteiger partial charge in [-0.1, -0.05) is 30.7 Å². The van der Waals surface area contributed by atoms with E-state index in [2.05, 4.69) is 0 Å². The van der Waals surface area contributed by atoms with Crippen LogP contribution in [-0.2, 0) is 11.2 Å². The van der Waals surface area contributed by atoms with E-state index in [4.69, 9.17) is 11.6 Å². The number of benzene rings is 1. The van der Waals surface area contributed by atoms with Crippen molar-refractivity contribution >= 4 is 17.4 Å². The maximum Gasteiger partial charge on any atom is 0.142 e. The highest BCUT2D eigenvalue weighted by molar-refractivity contribution is 6.31. The van der Waals surface area contributed by atoms with Crippen LogP contribution in [0.2, 0.25) is 5.02 Å². The second kappa shape index (κ2) is 5.11. The van der Waals surface area contributed by atoms with Crippen LogP contribution < -0.4 is 0 Å². The van der Waals surface area contributed by atoms with Crippen LogP contribution >= 0.6 is 11.6 Å². The van der Waals surface area contributed by atoms with E-state index in [9.17, 15) is 9.18 Å². The molecule has 0 heterocycles. The Kier molecular flexibility index (Phi) is 4.08. The first kappa shape index (κ1) is 11.2. The molecule has 0 fully saturated rings. The van der Waals surface area contributed by atoms with Crippen molar-refractivity contribution in [1.29, 1.82) is 0 Å². The molecular formula is C11H12ClFO. The van der Waals surface area contributed by atoms with E-state index < -0.39 is 5.82 Å². The summed E-state index contributed by atoms with van der Waals surface area (Å²) in [6.45, 7) is 1.94. The summed E-state index contributed by atoms with van der Waals surface area (Å²) in [7, 11) is 0. The van der Waals surface area contributed by atoms with Gasteiger partial charge in [-0.2, -0.15) is 0 Å². The van der Waals surface area contributed by atoms with Crippen molar-refractivity contribution in [3.63, 3.8) is 0 Å². The number of Topliss-reactive ketones (excluding diaryl/α,β-unsaturated/α-hetero) is 1. The predicted octanol–water partition coefficient (Wildman–Crippen LogP) is 3.39. The summed E-state index contributed by atoms with van der Waals surface area (Å²) in [6.07, 6.45) is 1.56. The summed E-state index contributed by atoms with van der Waals surface area (Å²) in [6, 6.07) is 4.53. The molecule has 0 saturated heterocycles. The van der Waals surface area contributed by atoms with Crippen LogP contribution in [0.25, 0.3) is 0 Å². The van der Waals surface area contributed by atoms with Gasteiger partial charge in [0.05, 0.1) is 5.02 Å². The van der Waals surface area contributed by atoms with Gasteiger partial charge in [0, 0.05) is 12.8 Å². The second-order valence-corrected chi connectivity index (χ2v) is 3.56. The molecule has 0 amide bonds. The zero-order chi connectivity index (χ0) is 10.6. The summed E-state index contributed by atoms with van der Waals surface area (Å²) >= 11 is 5.71. The van der Waals surface area contributed by atoms with Gasteiger partial charge in [-0.05, 0) is 18.1 Å². The van der Waals surface area contributed by atoms with Crippen LogP contribution in [-0.4, -0.2) is 5.78 Å². The van der Waals surface area contributed by atoms with Gasteiger partial charge >= 0.3 is 0 Å². The minimum atomic E-state index is -0.464. The number of hydrogen-bond donors (Lipinski definition) is 0. The average molecular weight is 215 g/mol. The molecule has 0 N–H and O–H groups in total. The Morgan fingerprint density at radius 2 is 2.21 bits per heavy atom. The molecule has 0 atom stereocenters. The van der Waals surface area contributed by atoms with E-state index in [-0.39, 0.29) is 17.2 Å². The molecule has 1 aromatic carbocycles. The van der Waals surface area contributed by atoms with E-state index in [1.54, 1.807) is 12.1 Å². The van der Waals surface area contributed by atoms with Crippen molar-refractivity contribution < 1.29 is 9.18 Å². The first-order chi connectivity index (χ1) is 6.65. The number of halogens is 2. The normalized spacial score (nSPS) is 10.2. The Morgan fingerprint density at radius 1 is 1.50 bits per heavy atom. The number of hydrogen-bond acceptors (Lipinski definition) is 1. The molecule has 14 heavy (non-hydrogen) atoms. The fourth-order valence-electron chi connectivity index (χ4n) is 1.26. The van der Waals surface area contributed by atoms with Gasteiger partial charge in [0.25, 0.3) is 0 Å². The van der Waals surface area contributed by atoms with Crippen LogP contribution in [0.4, 0.5) is 4.39 Å². The van der Waals surface area contributed by atoms with E-state index in [1.807, 2.05) is 6.92 Å². The molecule has 1 nitrogen and oxygen atoms in total. The number of carbonyl (C=O) groups excluding carboxylic acids is 1. The van der Waals surface area contributed by atoms with E-state index in [1.165, 1.54) is 6.07 Å². The van der Waals surface area contributed by atoms with Crippen molar-refractivity contribution in [3.05, 3.63) is 34.6 Å². The largest absolute Gasteiger partial charge is 0.299 e. The van der Waals surface area contributed by atoms with Crippen LogP contribution in [0.5, 0.6) is 0 Å². The Labute approximate surface area is 87.9 Å². The lowest BCUT2D eigenvalue weighted by atomic mass is 10.1. The van der Waals surface area contributed by atoms with Crippen molar-refractivity contribution in [1.82, 2.24) is 0 Å². The topological polar surface area (TPSA) is 17.1 Å². The van der Waals surface area contributed by atoms with Gasteiger partial charge in [-0.25, -0.2) is 4.39 Å². The molecule has 0 aliphatic heterocycles. The zero-order valence-electron chi connectivity index (χ0n) is 8.02. The molecule has 0 aliphatic rings. The molecule has 3 heteroatoms. The fourth-order valence-corrected chi connectivity index (χ4v) is 1.46. The highest BCUT2D eigenvalue weighted by Crippen LogP contribution is 2.20. The second-order valence-electron chi connectivity index (χ2n) is 3.18. The maximum atomic E-state index is 13.0. The van der Waals surface area contributed by atoms with E-state index in [0.717, 1.165) is 6.42 Å². The number of carbonyl (C=O) groups is 1. The molecule has 76 valence electrons. The molecule has 0 bridgehead atoms. The molecule has 0 unspecified atom stereocenters. The summed E-state index contributed by atoms with van der Waals surface area (Å²) in [5.41, 5.74) is 0.574. The third-order valence-electron chi connectivity index (χ3n) is 1.95. The molecule has 1 aromatic rings. The van der Waals surface area contributed by atoms with Gasteiger partial charge in [0.15, 0.2) is 0 Å². The monoisotopic (exact) mass is 214 g/mol. The first-order valence-corrected chi connectivity index (χ1v) is 4.97. The molecule has 0 spiro atoms. The number of rotatable bonds is 4. The maximum absolute atomic E-state index is 13.0. The SMILES string of the molecule is CCCC(=O)Cc1cccc(F)c1Cl. The lowest BCUT2D eigenvalue weighted by molar-refractivity contribution is -0.118. The Balaban J connectivity index is 2.76. The first-order valence-electron chi connectivity index (χ1n) is 4.59. The molecule has 1 rings (SSSR count). The van der Waals surface area contributed by atoms with Crippen molar-refractivity contribution in [2.24, 2.45) is 0 Å². The minimum absolute atomic E-state index is 0.0666. The van der Waals surface area contributed by atoms with Crippen LogP contribution in [0, 0.1) is 5.82 Å². The third kappa shape index (κ3) is 2.81. The smallest absolute Gasteiger partial charge is 0.142 e. The van der Waals surface area contributed by atoms with Crippen LogP contribution in [0.15, 0.2) is 18.2 Å². The minimum Gasteiger partial charge on any atom is -0.299 e. The molecule has 0 aromatic heterocycles. The van der Waals surface area contributed by atoms with Gasteiger partial charge in [-0.15, -0.1) is 0 Å². The quantitative estimate of drug-likeness (QED) is 0.751. The lowest BCUT2D eigenvalue weighted by Gasteiger charge is -2.03. The van der Waals surface area contributed by atoms with Crippen molar-refractivity contribution in [2.45, 2.75) is 26.2 Å². The van der Waals surface area contributed by atoms with Gasteiger partial charge in [0.1, 0.15) is 11.6 Å². The van der Waals surface area contributed by atoms with Crippen molar-refractivity contribution in [3.8, 4) is 0 Å². The molecule has 0 radical (unpaired) electrons. The molecule has 0 aliphatic carbocycles. The van der Waals surface area contributed by atoms with Gasteiger partial charge in [-0.3, -0.25) is 4.79 Å². The van der Waals surface area contributed by atoms with Crippen LogP contribution in [0.3, 0.4) is 0 Å². The Morgan fingerprint density at radius 3 is 2.86 bits per heavy atom. The van der Waals surface area contributed by atoms with Gasteiger partial charge < -0.3 is 0 Å². The van der Waals surface area contributed by atoms with Crippen molar-refractivity contribution in [2.75, 3.05) is 0 Å². The van der Waals surface area contributed by atoms with Crippen LogP contribution in [0.1, 0.15) is 25.3 Å². The highest BCUT2D eigenvalue weighted by Gasteiger charge is 2.09. The van der Waals surface area contributed by atoms with Gasteiger partial charge in [0.2, 0.25) is 0 Å². The highest BCUT2D eigenvalue weighted by atomic mass is 35.5. The third-order valence-corrected chi connectivity index (χ3v) is 2.37. The standard InChI is InChI=1S/C11H12ClFO/c1-2-4-9(14)7-8-5-3-6-10(13)11(8)12/h3,5-6H,2,4,7H2,1H3. The number of ketones is 1. The summed E-state index contributed by atoms with van der Waals surface area (Å²) in [5, 5.41) is 0.0666. The Hall–Kier alpha value is -0.890. The summed E-state index contributed by atoms with van der Waals surface area (Å²) in [5.74, 6) is -0.367. The summed E-state index contributed by atoms with van der Waals surface area (Å²) in [4.78, 5) is 11.3. The molecular weight excluding hydrogens is 203 g/mol. The summed E-state index contributed by atoms with van der Waals surface area (Å²) < 4.78 is 13.0. The Bertz CT molecular complexity index is 336.